The Morgan fingerprint density at radius 2 is 2.00 bits per heavy atom. The van der Waals surface area contributed by atoms with Crippen molar-refractivity contribution < 1.29 is 14.3 Å². The van der Waals surface area contributed by atoms with E-state index in [0.717, 1.165) is 17.0 Å². The summed E-state index contributed by atoms with van der Waals surface area (Å²) in [5, 5.41) is 3.02. The number of ether oxygens (including phenoxy) is 2. The van der Waals surface area contributed by atoms with E-state index in [1.807, 2.05) is 45.9 Å². The van der Waals surface area contributed by atoms with Gasteiger partial charge in [0.2, 0.25) is 0 Å². The van der Waals surface area contributed by atoms with Crippen LogP contribution >= 0.6 is 0 Å². The molecular formula is C14H21NO3. The highest BCUT2D eigenvalue weighted by atomic mass is 16.5. The summed E-state index contributed by atoms with van der Waals surface area (Å²) in [5.41, 5.74) is 1.72. The summed E-state index contributed by atoms with van der Waals surface area (Å²) in [7, 11) is 1.37. The molecule has 18 heavy (non-hydrogen) atoms. The van der Waals surface area contributed by atoms with E-state index in [9.17, 15) is 4.79 Å². The highest BCUT2D eigenvalue weighted by molar-refractivity contribution is 5.75. The zero-order valence-corrected chi connectivity index (χ0v) is 11.7. The minimum Gasteiger partial charge on any atom is -0.488 e. The highest BCUT2D eigenvalue weighted by Crippen LogP contribution is 2.24. The second kappa shape index (κ2) is 5.76. The summed E-state index contributed by atoms with van der Waals surface area (Å²) in [5.74, 6) is 0.535. The van der Waals surface area contributed by atoms with Crippen molar-refractivity contribution in [2.45, 2.75) is 33.3 Å². The maximum absolute atomic E-state index is 11.0. The van der Waals surface area contributed by atoms with Crippen molar-refractivity contribution in [3.8, 4) is 5.75 Å². The van der Waals surface area contributed by atoms with E-state index in [4.69, 9.17) is 4.74 Å². The summed E-state index contributed by atoms with van der Waals surface area (Å²) in [6.07, 6.45) is 0. The number of esters is 1. The van der Waals surface area contributed by atoms with Crippen LogP contribution in [0.1, 0.15) is 26.3 Å². The summed E-state index contributed by atoms with van der Waals surface area (Å²) >= 11 is 0. The van der Waals surface area contributed by atoms with E-state index in [2.05, 4.69) is 10.1 Å². The molecule has 4 heteroatoms. The summed E-state index contributed by atoms with van der Waals surface area (Å²) < 4.78 is 10.3. The third-order valence-corrected chi connectivity index (χ3v) is 2.27. The van der Waals surface area contributed by atoms with E-state index in [-0.39, 0.29) is 18.1 Å². The number of nitrogens with one attached hydrogen (secondary N) is 1. The van der Waals surface area contributed by atoms with Gasteiger partial charge >= 0.3 is 5.97 Å². The van der Waals surface area contributed by atoms with Crippen molar-refractivity contribution in [3.63, 3.8) is 0 Å². The third kappa shape index (κ3) is 4.65. The maximum atomic E-state index is 11.0. The molecule has 0 spiro atoms. The van der Waals surface area contributed by atoms with Gasteiger partial charge in [-0.25, -0.2) is 0 Å². The molecule has 0 aliphatic heterocycles. The Morgan fingerprint density at radius 3 is 2.50 bits per heavy atom. The topological polar surface area (TPSA) is 47.6 Å². The van der Waals surface area contributed by atoms with Gasteiger partial charge in [0.25, 0.3) is 0 Å². The number of carbonyl (C=O) groups is 1. The van der Waals surface area contributed by atoms with Crippen LogP contribution in [0, 0.1) is 6.92 Å². The number of carbonyl (C=O) groups excluding carboxylic acids is 1. The molecule has 0 atom stereocenters. The van der Waals surface area contributed by atoms with Gasteiger partial charge in [-0.1, -0.05) is 0 Å². The molecule has 100 valence electrons. The molecule has 0 radical (unpaired) electrons. The second-order valence-electron chi connectivity index (χ2n) is 5.12. The molecule has 0 bridgehead atoms. The van der Waals surface area contributed by atoms with Crippen LogP contribution in [-0.4, -0.2) is 25.2 Å². The van der Waals surface area contributed by atoms with Crippen LogP contribution in [0.15, 0.2) is 18.2 Å². The normalized spacial score (nSPS) is 10.9. The minimum atomic E-state index is -0.288. The van der Waals surface area contributed by atoms with Gasteiger partial charge in [-0.05, 0) is 51.5 Å². The number of rotatable bonds is 4. The van der Waals surface area contributed by atoms with Crippen LogP contribution in [-0.2, 0) is 9.53 Å². The number of benzene rings is 1. The van der Waals surface area contributed by atoms with E-state index < -0.39 is 0 Å². The zero-order valence-electron chi connectivity index (χ0n) is 11.7. The molecule has 1 rings (SSSR count). The first kappa shape index (κ1) is 14.4. The highest BCUT2D eigenvalue weighted by Gasteiger charge is 2.12. The molecule has 0 fully saturated rings. The molecule has 0 unspecified atom stereocenters. The third-order valence-electron chi connectivity index (χ3n) is 2.27. The number of aryl methyl sites for hydroxylation is 1. The molecule has 0 heterocycles. The number of hydrogen-bond acceptors (Lipinski definition) is 4. The largest absolute Gasteiger partial charge is 0.488 e. The van der Waals surface area contributed by atoms with Gasteiger partial charge in [0, 0.05) is 5.69 Å². The van der Waals surface area contributed by atoms with E-state index in [1.165, 1.54) is 7.11 Å². The molecule has 0 aliphatic rings. The standard InChI is InChI=1S/C14H21NO3/c1-10-8-11(18-14(2,3)4)6-7-12(10)15-9-13(16)17-5/h6-8,15H,9H2,1-5H3. The smallest absolute Gasteiger partial charge is 0.325 e. The van der Waals surface area contributed by atoms with Gasteiger partial charge in [-0.2, -0.15) is 0 Å². The van der Waals surface area contributed by atoms with Crippen molar-refractivity contribution in [2.75, 3.05) is 19.0 Å². The Morgan fingerprint density at radius 1 is 1.33 bits per heavy atom. The van der Waals surface area contributed by atoms with E-state index in [1.54, 1.807) is 0 Å². The first-order valence-corrected chi connectivity index (χ1v) is 5.92. The lowest BCUT2D eigenvalue weighted by molar-refractivity contribution is -0.138. The van der Waals surface area contributed by atoms with Crippen LogP contribution in [0.2, 0.25) is 0 Å². The quantitative estimate of drug-likeness (QED) is 0.836. The van der Waals surface area contributed by atoms with Crippen molar-refractivity contribution >= 4 is 11.7 Å². The molecule has 0 saturated carbocycles. The fourth-order valence-electron chi connectivity index (χ4n) is 1.49. The summed E-state index contributed by atoms with van der Waals surface area (Å²) in [6.45, 7) is 8.15. The molecule has 0 aromatic heterocycles. The second-order valence-corrected chi connectivity index (χ2v) is 5.12. The molecular weight excluding hydrogens is 230 g/mol. The van der Waals surface area contributed by atoms with Gasteiger partial charge in [-0.3, -0.25) is 4.79 Å². The molecule has 0 aliphatic carbocycles. The Kier molecular flexibility index (Phi) is 4.59. The van der Waals surface area contributed by atoms with Crippen LogP contribution in [0.25, 0.3) is 0 Å². The molecule has 1 aromatic rings. The van der Waals surface area contributed by atoms with Crippen LogP contribution in [0.4, 0.5) is 5.69 Å². The minimum absolute atomic E-state index is 0.164. The monoisotopic (exact) mass is 251 g/mol. The first-order valence-electron chi connectivity index (χ1n) is 5.92. The zero-order chi connectivity index (χ0) is 13.8. The van der Waals surface area contributed by atoms with Gasteiger partial charge in [0.15, 0.2) is 0 Å². The van der Waals surface area contributed by atoms with Crippen molar-refractivity contribution in [3.05, 3.63) is 23.8 Å². The number of anilines is 1. The lowest BCUT2D eigenvalue weighted by Gasteiger charge is -2.22. The molecule has 0 amide bonds. The van der Waals surface area contributed by atoms with Crippen molar-refractivity contribution in [2.24, 2.45) is 0 Å². The van der Waals surface area contributed by atoms with Crippen LogP contribution in [0.3, 0.4) is 0 Å². The molecule has 1 aromatic carbocycles. The Hall–Kier alpha value is -1.71. The SMILES string of the molecule is COC(=O)CNc1ccc(OC(C)(C)C)cc1C. The van der Waals surface area contributed by atoms with Crippen molar-refractivity contribution in [1.82, 2.24) is 0 Å². The van der Waals surface area contributed by atoms with Gasteiger partial charge < -0.3 is 14.8 Å². The average Bonchev–Trinajstić information content (AvgIpc) is 2.25. The fourth-order valence-corrected chi connectivity index (χ4v) is 1.49. The van der Waals surface area contributed by atoms with Gasteiger partial charge in [0.05, 0.1) is 7.11 Å². The molecule has 1 N–H and O–H groups in total. The Bertz CT molecular complexity index is 422. The van der Waals surface area contributed by atoms with E-state index >= 15 is 0 Å². The number of hydrogen-bond donors (Lipinski definition) is 1. The van der Waals surface area contributed by atoms with Gasteiger partial charge in [-0.15, -0.1) is 0 Å². The first-order chi connectivity index (χ1) is 8.31. The Labute approximate surface area is 108 Å². The lowest BCUT2D eigenvalue weighted by Crippen LogP contribution is -2.23. The van der Waals surface area contributed by atoms with Crippen LogP contribution < -0.4 is 10.1 Å². The summed E-state index contributed by atoms with van der Waals surface area (Å²) in [6, 6.07) is 5.74. The van der Waals surface area contributed by atoms with E-state index in [0.29, 0.717) is 0 Å². The molecule has 0 saturated heterocycles. The van der Waals surface area contributed by atoms with Crippen LogP contribution in [0.5, 0.6) is 5.75 Å². The fraction of sp³-hybridized carbons (Fsp3) is 0.500. The predicted octanol–water partition coefficient (Wildman–Crippen LogP) is 2.76. The number of methoxy groups -OCH3 is 1. The van der Waals surface area contributed by atoms with Gasteiger partial charge in [0.1, 0.15) is 17.9 Å². The van der Waals surface area contributed by atoms with Crippen molar-refractivity contribution in [1.29, 1.82) is 0 Å². The lowest BCUT2D eigenvalue weighted by atomic mass is 10.1. The summed E-state index contributed by atoms with van der Waals surface area (Å²) in [4.78, 5) is 11.0. The Balaban J connectivity index is 2.71. The average molecular weight is 251 g/mol. The molecule has 4 nitrogen and oxygen atoms in total. The maximum Gasteiger partial charge on any atom is 0.325 e. The predicted molar refractivity (Wildman–Crippen MR) is 72.1 cm³/mol.